The molecule has 1 aromatic heterocycles. The van der Waals surface area contributed by atoms with Crippen molar-refractivity contribution >= 4 is 11.7 Å². The number of nitrogen functional groups attached to an aromatic ring is 1. The Labute approximate surface area is 122 Å². The summed E-state index contributed by atoms with van der Waals surface area (Å²) in [5, 5.41) is 0. The highest BCUT2D eigenvalue weighted by molar-refractivity contribution is 5.96. The zero-order valence-electron chi connectivity index (χ0n) is 11.8. The normalized spacial score (nSPS) is 10.0. The molecule has 0 saturated carbocycles. The fourth-order valence-electron chi connectivity index (χ4n) is 1.77. The van der Waals surface area contributed by atoms with Gasteiger partial charge in [0.15, 0.2) is 0 Å². The van der Waals surface area contributed by atoms with Gasteiger partial charge >= 0.3 is 5.97 Å². The molecule has 0 fully saturated rings. The number of para-hydroxylation sites is 1. The molecule has 0 aliphatic heterocycles. The molecule has 0 aliphatic carbocycles. The number of carbonyl (C=O) groups is 1. The van der Waals surface area contributed by atoms with Crippen LogP contribution in [0.15, 0.2) is 36.4 Å². The van der Waals surface area contributed by atoms with Gasteiger partial charge < -0.3 is 19.9 Å². The van der Waals surface area contributed by atoms with Gasteiger partial charge in [-0.3, -0.25) is 0 Å². The van der Waals surface area contributed by atoms with E-state index in [4.69, 9.17) is 19.9 Å². The molecule has 0 aliphatic rings. The number of aromatic nitrogens is 1. The number of hydrogen-bond acceptors (Lipinski definition) is 6. The molecule has 0 bridgehead atoms. The van der Waals surface area contributed by atoms with Crippen LogP contribution < -0.4 is 15.2 Å². The van der Waals surface area contributed by atoms with E-state index in [-0.39, 0.29) is 17.9 Å². The van der Waals surface area contributed by atoms with Crippen LogP contribution in [-0.4, -0.2) is 25.2 Å². The van der Waals surface area contributed by atoms with Gasteiger partial charge in [0.25, 0.3) is 0 Å². The standard InChI is InChI=1S/C15H16N2O4/c1-19-12-7-4-6-11(14(12)16)15(18)21-9-10-5-3-8-13(17-10)20-2/h3-8H,9,16H2,1-2H3. The minimum absolute atomic E-state index is 0.0344. The summed E-state index contributed by atoms with van der Waals surface area (Å²) in [7, 11) is 3.01. The number of anilines is 1. The molecule has 0 saturated heterocycles. The smallest absolute Gasteiger partial charge is 0.340 e. The molecule has 2 aromatic rings. The van der Waals surface area contributed by atoms with E-state index in [9.17, 15) is 4.79 Å². The Kier molecular flexibility index (Phi) is 4.61. The molecule has 2 rings (SSSR count). The van der Waals surface area contributed by atoms with Crippen molar-refractivity contribution in [2.24, 2.45) is 0 Å². The first-order chi connectivity index (χ1) is 10.2. The Balaban J connectivity index is 2.08. The molecule has 0 amide bonds. The zero-order chi connectivity index (χ0) is 15.2. The van der Waals surface area contributed by atoms with E-state index in [0.717, 1.165) is 0 Å². The minimum atomic E-state index is -0.531. The fraction of sp³-hybridized carbons (Fsp3) is 0.200. The number of esters is 1. The molecule has 0 atom stereocenters. The van der Waals surface area contributed by atoms with Gasteiger partial charge in [-0.15, -0.1) is 0 Å². The molecule has 110 valence electrons. The molecule has 0 unspecified atom stereocenters. The monoisotopic (exact) mass is 288 g/mol. The molecule has 21 heavy (non-hydrogen) atoms. The Morgan fingerprint density at radius 2 is 1.90 bits per heavy atom. The molecule has 2 N–H and O–H groups in total. The highest BCUT2D eigenvalue weighted by Crippen LogP contribution is 2.25. The van der Waals surface area contributed by atoms with Crippen molar-refractivity contribution < 1.29 is 19.0 Å². The third-order valence-electron chi connectivity index (χ3n) is 2.85. The lowest BCUT2D eigenvalue weighted by molar-refractivity contribution is 0.0468. The number of pyridine rings is 1. The first kappa shape index (κ1) is 14.6. The number of nitrogens with zero attached hydrogens (tertiary/aromatic N) is 1. The Morgan fingerprint density at radius 1 is 1.14 bits per heavy atom. The van der Waals surface area contributed by atoms with Crippen molar-refractivity contribution in [2.75, 3.05) is 20.0 Å². The van der Waals surface area contributed by atoms with E-state index in [1.807, 2.05) is 0 Å². The molecule has 0 radical (unpaired) electrons. The van der Waals surface area contributed by atoms with Crippen molar-refractivity contribution in [3.05, 3.63) is 47.7 Å². The van der Waals surface area contributed by atoms with E-state index in [1.165, 1.54) is 14.2 Å². The van der Waals surface area contributed by atoms with Crippen LogP contribution in [0.1, 0.15) is 16.1 Å². The second-order valence-electron chi connectivity index (χ2n) is 4.17. The minimum Gasteiger partial charge on any atom is -0.495 e. The van der Waals surface area contributed by atoms with E-state index < -0.39 is 5.97 Å². The maximum Gasteiger partial charge on any atom is 0.340 e. The Morgan fingerprint density at radius 3 is 2.62 bits per heavy atom. The summed E-state index contributed by atoms with van der Waals surface area (Å²) < 4.78 is 15.3. The van der Waals surface area contributed by atoms with E-state index in [2.05, 4.69) is 4.98 Å². The summed E-state index contributed by atoms with van der Waals surface area (Å²) in [5.41, 5.74) is 6.95. The van der Waals surface area contributed by atoms with Gasteiger partial charge in [0.1, 0.15) is 12.4 Å². The molecular weight excluding hydrogens is 272 g/mol. The number of hydrogen-bond donors (Lipinski definition) is 1. The zero-order valence-corrected chi connectivity index (χ0v) is 11.8. The second-order valence-corrected chi connectivity index (χ2v) is 4.17. The van der Waals surface area contributed by atoms with Crippen LogP contribution in [0.4, 0.5) is 5.69 Å². The quantitative estimate of drug-likeness (QED) is 0.669. The molecule has 6 heteroatoms. The average molecular weight is 288 g/mol. The number of methoxy groups -OCH3 is 2. The lowest BCUT2D eigenvalue weighted by atomic mass is 10.1. The summed E-state index contributed by atoms with van der Waals surface area (Å²) in [6.45, 7) is 0.0344. The van der Waals surface area contributed by atoms with Crippen LogP contribution in [0, 0.1) is 0 Å². The average Bonchev–Trinajstić information content (AvgIpc) is 2.53. The van der Waals surface area contributed by atoms with Gasteiger partial charge in [-0.25, -0.2) is 9.78 Å². The molecule has 6 nitrogen and oxygen atoms in total. The number of benzene rings is 1. The Hall–Kier alpha value is -2.76. The van der Waals surface area contributed by atoms with Crippen LogP contribution in [-0.2, 0) is 11.3 Å². The Bertz CT molecular complexity index is 643. The number of nitrogens with two attached hydrogens (primary N) is 1. The summed E-state index contributed by atoms with van der Waals surface area (Å²) in [6.07, 6.45) is 0. The summed E-state index contributed by atoms with van der Waals surface area (Å²) >= 11 is 0. The first-order valence-electron chi connectivity index (χ1n) is 6.25. The van der Waals surface area contributed by atoms with Gasteiger partial charge in [-0.05, 0) is 18.2 Å². The molecule has 1 heterocycles. The van der Waals surface area contributed by atoms with Crippen LogP contribution in [0.2, 0.25) is 0 Å². The van der Waals surface area contributed by atoms with Crippen LogP contribution in [0.5, 0.6) is 11.6 Å². The van der Waals surface area contributed by atoms with E-state index >= 15 is 0 Å². The maximum atomic E-state index is 12.0. The third-order valence-corrected chi connectivity index (χ3v) is 2.85. The van der Waals surface area contributed by atoms with Crippen molar-refractivity contribution in [1.29, 1.82) is 0 Å². The van der Waals surface area contributed by atoms with Crippen LogP contribution in [0.3, 0.4) is 0 Å². The molecular formula is C15H16N2O4. The predicted octanol–water partition coefficient (Wildman–Crippen LogP) is 2.04. The highest BCUT2D eigenvalue weighted by atomic mass is 16.5. The summed E-state index contributed by atoms with van der Waals surface area (Å²) in [6, 6.07) is 10.2. The maximum absolute atomic E-state index is 12.0. The largest absolute Gasteiger partial charge is 0.495 e. The summed E-state index contributed by atoms with van der Waals surface area (Å²) in [5.74, 6) is 0.365. The lowest BCUT2D eigenvalue weighted by Gasteiger charge is -2.10. The highest BCUT2D eigenvalue weighted by Gasteiger charge is 2.14. The van der Waals surface area contributed by atoms with Gasteiger partial charge in [0.2, 0.25) is 5.88 Å². The van der Waals surface area contributed by atoms with Gasteiger partial charge in [0.05, 0.1) is 31.2 Å². The predicted molar refractivity (Wildman–Crippen MR) is 77.3 cm³/mol. The third kappa shape index (κ3) is 3.42. The SMILES string of the molecule is COc1cccc(COC(=O)c2cccc(OC)c2N)n1. The van der Waals surface area contributed by atoms with Crippen molar-refractivity contribution in [2.45, 2.75) is 6.61 Å². The summed E-state index contributed by atoms with van der Waals surface area (Å²) in [4.78, 5) is 16.2. The lowest BCUT2D eigenvalue weighted by Crippen LogP contribution is -2.09. The van der Waals surface area contributed by atoms with Crippen molar-refractivity contribution in [1.82, 2.24) is 4.98 Å². The van der Waals surface area contributed by atoms with Gasteiger partial charge in [-0.2, -0.15) is 0 Å². The number of ether oxygens (including phenoxy) is 3. The number of carbonyl (C=O) groups excluding carboxylic acids is 1. The van der Waals surface area contributed by atoms with Crippen molar-refractivity contribution in [3.8, 4) is 11.6 Å². The topological polar surface area (TPSA) is 83.7 Å². The second kappa shape index (κ2) is 6.60. The van der Waals surface area contributed by atoms with Crippen LogP contribution >= 0.6 is 0 Å². The van der Waals surface area contributed by atoms with Crippen LogP contribution in [0.25, 0.3) is 0 Å². The number of rotatable bonds is 5. The molecule has 1 aromatic carbocycles. The van der Waals surface area contributed by atoms with E-state index in [0.29, 0.717) is 17.3 Å². The fourth-order valence-corrected chi connectivity index (χ4v) is 1.77. The van der Waals surface area contributed by atoms with Gasteiger partial charge in [0, 0.05) is 6.07 Å². The van der Waals surface area contributed by atoms with E-state index in [1.54, 1.807) is 36.4 Å². The van der Waals surface area contributed by atoms with Gasteiger partial charge in [-0.1, -0.05) is 12.1 Å². The van der Waals surface area contributed by atoms with Crippen molar-refractivity contribution in [3.63, 3.8) is 0 Å². The first-order valence-corrected chi connectivity index (χ1v) is 6.25. The molecule has 0 spiro atoms.